The van der Waals surface area contributed by atoms with E-state index < -0.39 is 6.23 Å². The molecule has 0 radical (unpaired) electrons. The first-order valence-electron chi connectivity index (χ1n) is 9.83. The molecule has 0 bridgehead atoms. The van der Waals surface area contributed by atoms with Gasteiger partial charge < -0.3 is 10.0 Å². The minimum atomic E-state index is -0.851. The van der Waals surface area contributed by atoms with Gasteiger partial charge in [-0.15, -0.1) is 0 Å². The fraction of sp³-hybridized carbons (Fsp3) is 0.364. The molecule has 2 atom stereocenters. The van der Waals surface area contributed by atoms with Crippen LogP contribution in [-0.2, 0) is 6.54 Å². The van der Waals surface area contributed by atoms with E-state index in [2.05, 4.69) is 34.0 Å². The second-order valence-corrected chi connectivity index (χ2v) is 7.29. The van der Waals surface area contributed by atoms with Crippen LogP contribution in [0.25, 0.3) is 10.8 Å². The number of para-hydroxylation sites is 1. The van der Waals surface area contributed by atoms with E-state index in [-0.39, 0.29) is 11.6 Å². The summed E-state index contributed by atoms with van der Waals surface area (Å²) < 4.78 is 1.44. The maximum absolute atomic E-state index is 12.6. The lowest BCUT2D eigenvalue weighted by Crippen LogP contribution is -2.53. The average molecular weight is 378 g/mol. The number of aliphatic hydroxyl groups excluding tert-OH is 1. The van der Waals surface area contributed by atoms with Gasteiger partial charge in [-0.1, -0.05) is 36.4 Å². The molecule has 146 valence electrons. The molecule has 0 aliphatic carbocycles. The van der Waals surface area contributed by atoms with Crippen LogP contribution >= 0.6 is 0 Å². The summed E-state index contributed by atoms with van der Waals surface area (Å²) in [4.78, 5) is 17.0. The van der Waals surface area contributed by atoms with Gasteiger partial charge in [-0.3, -0.25) is 9.69 Å². The standard InChI is InChI=1S/C22H26N4O2/c1-3-26-21(27)19-12-8-7-11-18(19)20(23-26)22(28)25-14-13-24(15-16(25)2)17-9-5-4-6-10-17/h4-12,16,22,28H,3,13-15H2,1-2H3/t16-,22?/m0/s1. The third-order valence-corrected chi connectivity index (χ3v) is 5.55. The highest BCUT2D eigenvalue weighted by Gasteiger charge is 2.31. The first-order chi connectivity index (χ1) is 13.6. The predicted molar refractivity (Wildman–Crippen MR) is 111 cm³/mol. The summed E-state index contributed by atoms with van der Waals surface area (Å²) in [7, 11) is 0. The fourth-order valence-electron chi connectivity index (χ4n) is 4.03. The normalized spacial score (nSPS) is 19.1. The van der Waals surface area contributed by atoms with Crippen LogP contribution in [0.3, 0.4) is 0 Å². The van der Waals surface area contributed by atoms with Crippen LogP contribution in [0, 0.1) is 0 Å². The van der Waals surface area contributed by atoms with Gasteiger partial charge in [0.25, 0.3) is 5.56 Å². The lowest BCUT2D eigenvalue weighted by Gasteiger charge is -2.43. The number of rotatable bonds is 4. The summed E-state index contributed by atoms with van der Waals surface area (Å²) in [6, 6.07) is 17.9. The van der Waals surface area contributed by atoms with Crippen LogP contribution in [-0.4, -0.2) is 45.5 Å². The van der Waals surface area contributed by atoms with Crippen molar-refractivity contribution in [1.29, 1.82) is 0 Å². The van der Waals surface area contributed by atoms with Crippen molar-refractivity contribution in [1.82, 2.24) is 14.7 Å². The molecule has 3 aromatic rings. The van der Waals surface area contributed by atoms with Crippen LogP contribution in [0.5, 0.6) is 0 Å². The van der Waals surface area contributed by atoms with Gasteiger partial charge in [-0.2, -0.15) is 5.10 Å². The Balaban J connectivity index is 1.64. The monoisotopic (exact) mass is 378 g/mol. The molecule has 6 heteroatoms. The van der Waals surface area contributed by atoms with E-state index in [1.54, 1.807) is 6.07 Å². The summed E-state index contributed by atoms with van der Waals surface area (Å²) in [5.41, 5.74) is 1.64. The first-order valence-corrected chi connectivity index (χ1v) is 9.83. The molecule has 2 aromatic carbocycles. The van der Waals surface area contributed by atoms with Gasteiger partial charge in [0.05, 0.1) is 5.39 Å². The van der Waals surface area contributed by atoms with E-state index in [0.717, 1.165) is 25.0 Å². The molecule has 6 nitrogen and oxygen atoms in total. The molecule has 1 aliphatic heterocycles. The van der Waals surface area contributed by atoms with Gasteiger partial charge in [0.2, 0.25) is 0 Å². The predicted octanol–water partition coefficient (Wildman–Crippen LogP) is 2.62. The smallest absolute Gasteiger partial charge is 0.274 e. The van der Waals surface area contributed by atoms with Gasteiger partial charge in [0, 0.05) is 43.3 Å². The number of hydrogen-bond donors (Lipinski definition) is 1. The summed E-state index contributed by atoms with van der Waals surface area (Å²) in [6.07, 6.45) is -0.851. The molecule has 1 aromatic heterocycles. The van der Waals surface area contributed by atoms with Crippen molar-refractivity contribution in [3.8, 4) is 0 Å². The minimum absolute atomic E-state index is 0.115. The van der Waals surface area contributed by atoms with E-state index in [0.29, 0.717) is 17.6 Å². The van der Waals surface area contributed by atoms with E-state index in [9.17, 15) is 9.90 Å². The van der Waals surface area contributed by atoms with Crippen LogP contribution in [0.15, 0.2) is 59.4 Å². The topological polar surface area (TPSA) is 61.6 Å². The molecule has 1 fully saturated rings. The van der Waals surface area contributed by atoms with Crippen LogP contribution < -0.4 is 10.5 Å². The highest BCUT2D eigenvalue weighted by Crippen LogP contribution is 2.28. The van der Waals surface area contributed by atoms with Gasteiger partial charge >= 0.3 is 0 Å². The number of benzene rings is 2. The number of aryl methyl sites for hydroxylation is 1. The molecule has 1 aliphatic rings. The Morgan fingerprint density at radius 2 is 1.75 bits per heavy atom. The zero-order chi connectivity index (χ0) is 19.7. The summed E-state index contributed by atoms with van der Waals surface area (Å²) in [5, 5.41) is 17.0. The van der Waals surface area contributed by atoms with Gasteiger partial charge in [0.1, 0.15) is 5.69 Å². The zero-order valence-corrected chi connectivity index (χ0v) is 16.3. The third kappa shape index (κ3) is 3.30. The molecular formula is C22H26N4O2. The number of fused-ring (bicyclic) bond motifs is 1. The van der Waals surface area contributed by atoms with Crippen molar-refractivity contribution < 1.29 is 5.11 Å². The number of aliphatic hydroxyl groups is 1. The summed E-state index contributed by atoms with van der Waals surface area (Å²) in [5.74, 6) is 0. The van der Waals surface area contributed by atoms with Crippen molar-refractivity contribution in [2.24, 2.45) is 0 Å². The molecule has 0 saturated carbocycles. The Bertz CT molecular complexity index is 1020. The number of aromatic nitrogens is 2. The van der Waals surface area contributed by atoms with Gasteiger partial charge in [-0.05, 0) is 32.0 Å². The van der Waals surface area contributed by atoms with Crippen LogP contribution in [0.1, 0.15) is 25.8 Å². The Morgan fingerprint density at radius 3 is 2.43 bits per heavy atom. The molecule has 4 rings (SSSR count). The first kappa shape index (κ1) is 18.7. The Hall–Kier alpha value is -2.70. The molecular weight excluding hydrogens is 352 g/mol. The molecule has 2 heterocycles. The summed E-state index contributed by atoms with van der Waals surface area (Å²) in [6.45, 7) is 6.86. The van der Waals surface area contributed by atoms with E-state index in [4.69, 9.17) is 0 Å². The number of nitrogens with zero attached hydrogens (tertiary/aromatic N) is 4. The number of hydrogen-bond acceptors (Lipinski definition) is 5. The van der Waals surface area contributed by atoms with Crippen LogP contribution in [0.2, 0.25) is 0 Å². The minimum Gasteiger partial charge on any atom is -0.372 e. The second kappa shape index (κ2) is 7.73. The van der Waals surface area contributed by atoms with Crippen molar-refractivity contribution in [3.05, 3.63) is 70.6 Å². The maximum Gasteiger partial charge on any atom is 0.274 e. The quantitative estimate of drug-likeness (QED) is 0.756. The van der Waals surface area contributed by atoms with Gasteiger partial charge in [0.15, 0.2) is 6.23 Å². The van der Waals surface area contributed by atoms with Crippen molar-refractivity contribution in [2.45, 2.75) is 32.7 Å². The third-order valence-electron chi connectivity index (χ3n) is 5.55. The second-order valence-electron chi connectivity index (χ2n) is 7.29. The number of anilines is 1. The van der Waals surface area contributed by atoms with Crippen molar-refractivity contribution >= 4 is 16.5 Å². The molecule has 1 N–H and O–H groups in total. The van der Waals surface area contributed by atoms with Gasteiger partial charge in [-0.25, -0.2) is 4.68 Å². The SMILES string of the molecule is CCn1nc(C(O)N2CCN(c3ccccc3)C[C@@H]2C)c2ccccc2c1=O. The molecule has 0 amide bonds. The Kier molecular flexibility index (Phi) is 5.15. The Labute approximate surface area is 164 Å². The van der Waals surface area contributed by atoms with Crippen molar-refractivity contribution in [2.75, 3.05) is 24.5 Å². The highest BCUT2D eigenvalue weighted by molar-refractivity contribution is 5.83. The lowest BCUT2D eigenvalue weighted by atomic mass is 10.1. The lowest BCUT2D eigenvalue weighted by molar-refractivity contribution is -0.0307. The largest absolute Gasteiger partial charge is 0.372 e. The molecule has 28 heavy (non-hydrogen) atoms. The highest BCUT2D eigenvalue weighted by atomic mass is 16.3. The van der Waals surface area contributed by atoms with E-state index in [1.165, 1.54) is 10.4 Å². The van der Waals surface area contributed by atoms with E-state index >= 15 is 0 Å². The van der Waals surface area contributed by atoms with Crippen molar-refractivity contribution in [3.63, 3.8) is 0 Å². The average Bonchev–Trinajstić information content (AvgIpc) is 2.74. The molecule has 1 unspecified atom stereocenters. The summed E-state index contributed by atoms with van der Waals surface area (Å²) >= 11 is 0. The zero-order valence-electron chi connectivity index (χ0n) is 16.3. The molecule has 1 saturated heterocycles. The van der Waals surface area contributed by atoms with Crippen LogP contribution in [0.4, 0.5) is 5.69 Å². The number of piperazine rings is 1. The molecule has 0 spiro atoms. The fourth-order valence-corrected chi connectivity index (χ4v) is 4.03. The maximum atomic E-state index is 12.6. The Morgan fingerprint density at radius 1 is 1.07 bits per heavy atom. The van der Waals surface area contributed by atoms with E-state index in [1.807, 2.05) is 43.3 Å².